The second-order valence-electron chi connectivity index (χ2n) is 3.56. The van der Waals surface area contributed by atoms with Gasteiger partial charge in [0, 0.05) is 6.54 Å². The molecule has 1 aromatic rings. The van der Waals surface area contributed by atoms with Gasteiger partial charge in [0.05, 0.1) is 11.3 Å². The molecule has 1 rings (SSSR count). The van der Waals surface area contributed by atoms with Crippen LogP contribution in [0, 0.1) is 10.1 Å². The minimum absolute atomic E-state index is 0.255. The average Bonchev–Trinajstić information content (AvgIpc) is 2.26. The van der Waals surface area contributed by atoms with E-state index in [0.29, 0.717) is 0 Å². The first-order chi connectivity index (χ1) is 8.72. The number of carbonyl (C=O) groups is 1. The van der Waals surface area contributed by atoms with Crippen LogP contribution in [0.2, 0.25) is 0 Å². The summed E-state index contributed by atoms with van der Waals surface area (Å²) in [5, 5.41) is 21.8. The summed E-state index contributed by atoms with van der Waals surface area (Å²) in [6, 6.07) is 3.38. The van der Waals surface area contributed by atoms with Gasteiger partial charge in [-0.1, -0.05) is 6.07 Å². The molecule has 0 amide bonds. The number of hydrogen-bond donors (Lipinski definition) is 2. The van der Waals surface area contributed by atoms with E-state index >= 15 is 0 Å². The SMILES string of the molecule is O=C(O)c1cccc(NCCC(F)(F)F)c1[N+](=O)[O-]. The Morgan fingerprint density at radius 1 is 1.42 bits per heavy atom. The van der Waals surface area contributed by atoms with Crippen LogP contribution >= 0.6 is 0 Å². The van der Waals surface area contributed by atoms with Gasteiger partial charge in [-0.05, 0) is 12.1 Å². The van der Waals surface area contributed by atoms with Crippen LogP contribution in [-0.2, 0) is 0 Å². The number of nitrogens with one attached hydrogen (secondary N) is 1. The lowest BCUT2D eigenvalue weighted by molar-refractivity contribution is -0.384. The zero-order chi connectivity index (χ0) is 14.6. The first-order valence-electron chi connectivity index (χ1n) is 5.03. The van der Waals surface area contributed by atoms with Crippen LogP contribution in [-0.4, -0.2) is 28.7 Å². The van der Waals surface area contributed by atoms with Gasteiger partial charge < -0.3 is 10.4 Å². The minimum Gasteiger partial charge on any atom is -0.477 e. The van der Waals surface area contributed by atoms with Crippen molar-refractivity contribution in [2.75, 3.05) is 11.9 Å². The molecule has 19 heavy (non-hydrogen) atoms. The van der Waals surface area contributed by atoms with E-state index in [9.17, 15) is 28.1 Å². The first kappa shape index (κ1) is 14.7. The number of halogens is 3. The molecule has 0 saturated heterocycles. The second kappa shape index (κ2) is 5.55. The molecule has 0 fully saturated rings. The molecule has 0 radical (unpaired) electrons. The molecule has 0 aliphatic rings. The predicted octanol–water partition coefficient (Wildman–Crippen LogP) is 2.66. The van der Waals surface area contributed by atoms with Gasteiger partial charge in [0.25, 0.3) is 0 Å². The monoisotopic (exact) mass is 278 g/mol. The summed E-state index contributed by atoms with van der Waals surface area (Å²) in [5.74, 6) is -1.52. The van der Waals surface area contributed by atoms with Gasteiger partial charge in [-0.25, -0.2) is 4.79 Å². The maximum Gasteiger partial charge on any atom is 0.390 e. The highest BCUT2D eigenvalue weighted by Gasteiger charge is 2.28. The number of alkyl halides is 3. The topological polar surface area (TPSA) is 92.5 Å². The minimum atomic E-state index is -4.40. The Hall–Kier alpha value is -2.32. The largest absolute Gasteiger partial charge is 0.477 e. The van der Waals surface area contributed by atoms with Crippen LogP contribution in [0.1, 0.15) is 16.8 Å². The highest BCUT2D eigenvalue weighted by Crippen LogP contribution is 2.29. The third kappa shape index (κ3) is 4.12. The lowest BCUT2D eigenvalue weighted by atomic mass is 10.1. The molecule has 6 nitrogen and oxygen atoms in total. The van der Waals surface area contributed by atoms with Crippen LogP contribution in [0.5, 0.6) is 0 Å². The number of nitro groups is 1. The van der Waals surface area contributed by atoms with Gasteiger partial charge in [0.1, 0.15) is 11.3 Å². The molecule has 0 unspecified atom stereocenters. The molecule has 104 valence electrons. The number of carboxylic acids is 1. The highest BCUT2D eigenvalue weighted by molar-refractivity contribution is 5.95. The van der Waals surface area contributed by atoms with E-state index in [-0.39, 0.29) is 5.69 Å². The molecule has 9 heteroatoms. The standard InChI is InChI=1S/C10H9F3N2O4/c11-10(12,13)4-5-14-7-3-1-2-6(9(16)17)8(7)15(18)19/h1-3,14H,4-5H2,(H,16,17). The highest BCUT2D eigenvalue weighted by atomic mass is 19.4. The maximum atomic E-state index is 12.0. The molecule has 0 saturated carbocycles. The van der Waals surface area contributed by atoms with Crippen molar-refractivity contribution >= 4 is 17.3 Å². The molecule has 0 atom stereocenters. The number of benzene rings is 1. The maximum absolute atomic E-state index is 12.0. The van der Waals surface area contributed by atoms with Gasteiger partial charge in [-0.15, -0.1) is 0 Å². The Kier molecular flexibility index (Phi) is 4.30. The molecule has 1 aromatic carbocycles. The zero-order valence-electron chi connectivity index (χ0n) is 9.40. The number of nitro benzene ring substituents is 1. The Bertz CT molecular complexity index is 502. The fraction of sp³-hybridized carbons (Fsp3) is 0.300. The summed E-state index contributed by atoms with van der Waals surface area (Å²) in [4.78, 5) is 20.6. The van der Waals surface area contributed by atoms with E-state index in [1.165, 1.54) is 6.07 Å². The van der Waals surface area contributed by atoms with Gasteiger partial charge in [-0.3, -0.25) is 10.1 Å². The number of aromatic carboxylic acids is 1. The third-order valence-corrected chi connectivity index (χ3v) is 2.17. The van der Waals surface area contributed by atoms with E-state index in [1.807, 2.05) is 0 Å². The van der Waals surface area contributed by atoms with Crippen molar-refractivity contribution in [3.05, 3.63) is 33.9 Å². The molecule has 0 bridgehead atoms. The summed E-state index contributed by atoms with van der Waals surface area (Å²) >= 11 is 0. The quantitative estimate of drug-likeness (QED) is 0.638. The lowest BCUT2D eigenvalue weighted by Crippen LogP contribution is -2.15. The van der Waals surface area contributed by atoms with Gasteiger partial charge >= 0.3 is 17.8 Å². The van der Waals surface area contributed by atoms with Crippen LogP contribution < -0.4 is 5.32 Å². The average molecular weight is 278 g/mol. The molecule has 0 aromatic heterocycles. The summed E-state index contributed by atoms with van der Waals surface area (Å²) in [6.45, 7) is -0.576. The van der Waals surface area contributed by atoms with Crippen LogP contribution in [0.4, 0.5) is 24.5 Å². The van der Waals surface area contributed by atoms with Crippen LogP contribution in [0.3, 0.4) is 0 Å². The Labute approximate surface area is 105 Å². The smallest absolute Gasteiger partial charge is 0.390 e. The summed E-state index contributed by atoms with van der Waals surface area (Å²) in [7, 11) is 0. The van der Waals surface area contributed by atoms with Crippen molar-refractivity contribution < 1.29 is 28.0 Å². The zero-order valence-corrected chi connectivity index (χ0v) is 9.40. The Balaban J connectivity index is 2.98. The van der Waals surface area contributed by atoms with Gasteiger partial charge in [0.2, 0.25) is 0 Å². The molecule has 0 aliphatic carbocycles. The van der Waals surface area contributed by atoms with E-state index in [0.717, 1.165) is 12.1 Å². The second-order valence-corrected chi connectivity index (χ2v) is 3.56. The Morgan fingerprint density at radius 2 is 2.05 bits per heavy atom. The normalized spacial score (nSPS) is 11.1. The van der Waals surface area contributed by atoms with E-state index in [4.69, 9.17) is 5.11 Å². The molecule has 0 spiro atoms. The van der Waals surface area contributed by atoms with Gasteiger partial charge in [0.15, 0.2) is 0 Å². The summed E-state index contributed by atoms with van der Waals surface area (Å²) in [6.07, 6.45) is -5.58. The molecule has 2 N–H and O–H groups in total. The van der Waals surface area contributed by atoms with E-state index in [1.54, 1.807) is 0 Å². The fourth-order valence-corrected chi connectivity index (χ4v) is 1.39. The number of nitrogens with zero attached hydrogens (tertiary/aromatic N) is 1. The number of para-hydroxylation sites is 1. The fourth-order valence-electron chi connectivity index (χ4n) is 1.39. The van der Waals surface area contributed by atoms with Crippen molar-refractivity contribution in [3.63, 3.8) is 0 Å². The summed E-state index contributed by atoms with van der Waals surface area (Å²) < 4.78 is 35.9. The van der Waals surface area contributed by atoms with E-state index < -0.39 is 41.3 Å². The molecular formula is C10H9F3N2O4. The first-order valence-corrected chi connectivity index (χ1v) is 5.03. The number of hydrogen-bond acceptors (Lipinski definition) is 4. The Morgan fingerprint density at radius 3 is 2.53 bits per heavy atom. The number of anilines is 1. The van der Waals surface area contributed by atoms with Crippen LogP contribution in [0.15, 0.2) is 18.2 Å². The van der Waals surface area contributed by atoms with E-state index in [2.05, 4.69) is 5.32 Å². The van der Waals surface area contributed by atoms with Crippen molar-refractivity contribution in [2.45, 2.75) is 12.6 Å². The molecule has 0 aliphatic heterocycles. The van der Waals surface area contributed by atoms with Crippen LogP contribution in [0.25, 0.3) is 0 Å². The molecule has 0 heterocycles. The van der Waals surface area contributed by atoms with Crippen molar-refractivity contribution in [1.29, 1.82) is 0 Å². The van der Waals surface area contributed by atoms with Crippen molar-refractivity contribution in [3.8, 4) is 0 Å². The number of rotatable bonds is 5. The van der Waals surface area contributed by atoms with Crippen molar-refractivity contribution in [1.82, 2.24) is 0 Å². The lowest BCUT2D eigenvalue weighted by Gasteiger charge is -2.10. The summed E-state index contributed by atoms with van der Waals surface area (Å²) in [5.41, 5.74) is -1.59. The predicted molar refractivity (Wildman–Crippen MR) is 59.2 cm³/mol. The number of carboxylic acid groups (broad SMARTS) is 1. The van der Waals surface area contributed by atoms with Gasteiger partial charge in [-0.2, -0.15) is 13.2 Å². The van der Waals surface area contributed by atoms with Crippen molar-refractivity contribution in [2.24, 2.45) is 0 Å². The molecular weight excluding hydrogens is 269 g/mol. The third-order valence-electron chi connectivity index (χ3n) is 2.17.